The van der Waals surface area contributed by atoms with E-state index in [1.54, 1.807) is 26.2 Å². The molecule has 2 rings (SSSR count). The molecular weight excluding hydrogens is 252 g/mol. The van der Waals surface area contributed by atoms with Crippen molar-refractivity contribution in [1.82, 2.24) is 0 Å². The van der Waals surface area contributed by atoms with Crippen molar-refractivity contribution in [3.05, 3.63) is 65.1 Å². The van der Waals surface area contributed by atoms with Crippen molar-refractivity contribution in [1.29, 1.82) is 0 Å². The van der Waals surface area contributed by atoms with Crippen LogP contribution in [0.15, 0.2) is 52.7 Å². The van der Waals surface area contributed by atoms with Crippen LogP contribution in [0.1, 0.15) is 30.7 Å². The highest BCUT2D eigenvalue weighted by Crippen LogP contribution is 2.16. The quantitative estimate of drug-likeness (QED) is 0.612. The lowest BCUT2D eigenvalue weighted by atomic mass is 10.1. The first-order chi connectivity index (χ1) is 9.69. The van der Waals surface area contributed by atoms with Gasteiger partial charge in [0.25, 0.3) is 0 Å². The first-order valence-electron chi connectivity index (χ1n) is 6.66. The molecule has 3 heteroatoms. The standard InChI is InChI=1S/C17H18O3/c1-3-19-17(18)13(2)9-16-11-15(12-20-16)10-14-7-5-4-6-8-14/h4-9,11-12H,3,10H2,1-2H3/b13-9+. The number of rotatable bonds is 5. The Bertz CT molecular complexity index is 594. The molecule has 0 atom stereocenters. The van der Waals surface area contributed by atoms with Gasteiger partial charge in [-0.2, -0.15) is 0 Å². The van der Waals surface area contributed by atoms with Gasteiger partial charge in [0.15, 0.2) is 0 Å². The Hall–Kier alpha value is -2.29. The Morgan fingerprint density at radius 2 is 2.00 bits per heavy atom. The van der Waals surface area contributed by atoms with E-state index in [1.807, 2.05) is 24.3 Å². The second-order valence-electron chi connectivity index (χ2n) is 4.57. The van der Waals surface area contributed by atoms with Crippen molar-refractivity contribution >= 4 is 12.0 Å². The maximum absolute atomic E-state index is 11.5. The summed E-state index contributed by atoms with van der Waals surface area (Å²) in [6, 6.07) is 12.1. The monoisotopic (exact) mass is 270 g/mol. The predicted octanol–water partition coefficient (Wildman–Crippen LogP) is 3.84. The number of carbonyl (C=O) groups excluding carboxylic acids is 1. The molecule has 1 aromatic heterocycles. The lowest BCUT2D eigenvalue weighted by Crippen LogP contribution is -2.04. The molecule has 0 aliphatic rings. The fourth-order valence-electron chi connectivity index (χ4n) is 1.91. The fraction of sp³-hybridized carbons (Fsp3) is 0.235. The molecule has 0 bridgehead atoms. The summed E-state index contributed by atoms with van der Waals surface area (Å²) in [5.74, 6) is 0.356. The van der Waals surface area contributed by atoms with Gasteiger partial charge in [0, 0.05) is 12.0 Å². The number of hydrogen-bond donors (Lipinski definition) is 0. The summed E-state index contributed by atoms with van der Waals surface area (Å²) >= 11 is 0. The minimum atomic E-state index is -0.312. The minimum Gasteiger partial charge on any atom is -0.465 e. The van der Waals surface area contributed by atoms with Crippen LogP contribution in [0.3, 0.4) is 0 Å². The van der Waals surface area contributed by atoms with Gasteiger partial charge in [-0.15, -0.1) is 0 Å². The van der Waals surface area contributed by atoms with Crippen molar-refractivity contribution in [3.63, 3.8) is 0 Å². The highest BCUT2D eigenvalue weighted by Gasteiger charge is 2.07. The van der Waals surface area contributed by atoms with E-state index in [4.69, 9.17) is 9.15 Å². The highest BCUT2D eigenvalue weighted by molar-refractivity contribution is 5.92. The van der Waals surface area contributed by atoms with Gasteiger partial charge in [-0.3, -0.25) is 0 Å². The first-order valence-corrected chi connectivity index (χ1v) is 6.66. The molecule has 0 spiro atoms. The average molecular weight is 270 g/mol. The molecule has 3 nitrogen and oxygen atoms in total. The molecule has 0 radical (unpaired) electrons. The van der Waals surface area contributed by atoms with Crippen LogP contribution in [-0.2, 0) is 16.0 Å². The summed E-state index contributed by atoms with van der Waals surface area (Å²) in [7, 11) is 0. The Morgan fingerprint density at radius 3 is 2.70 bits per heavy atom. The average Bonchev–Trinajstić information content (AvgIpc) is 2.87. The van der Waals surface area contributed by atoms with Gasteiger partial charge in [0.05, 0.1) is 12.9 Å². The van der Waals surface area contributed by atoms with E-state index >= 15 is 0 Å². The molecule has 0 fully saturated rings. The number of hydrogen-bond acceptors (Lipinski definition) is 3. The Balaban J connectivity index is 2.06. The zero-order valence-electron chi connectivity index (χ0n) is 11.8. The molecule has 0 unspecified atom stereocenters. The van der Waals surface area contributed by atoms with E-state index in [0.29, 0.717) is 17.9 Å². The number of esters is 1. The van der Waals surface area contributed by atoms with Crippen molar-refractivity contribution in [2.24, 2.45) is 0 Å². The smallest absolute Gasteiger partial charge is 0.333 e. The third-order valence-corrected chi connectivity index (χ3v) is 2.88. The van der Waals surface area contributed by atoms with Crippen LogP contribution < -0.4 is 0 Å². The Kier molecular flexibility index (Phi) is 4.77. The summed E-state index contributed by atoms with van der Waals surface area (Å²) in [4.78, 5) is 11.5. The summed E-state index contributed by atoms with van der Waals surface area (Å²) in [5, 5.41) is 0. The lowest BCUT2D eigenvalue weighted by Gasteiger charge is -1.99. The molecule has 104 valence electrons. The molecule has 2 aromatic rings. The molecular formula is C17H18O3. The van der Waals surface area contributed by atoms with Crippen molar-refractivity contribution in [2.45, 2.75) is 20.3 Å². The van der Waals surface area contributed by atoms with E-state index in [9.17, 15) is 4.79 Å². The van der Waals surface area contributed by atoms with Gasteiger partial charge in [-0.05, 0) is 37.1 Å². The van der Waals surface area contributed by atoms with E-state index < -0.39 is 0 Å². The normalized spacial score (nSPS) is 11.4. The van der Waals surface area contributed by atoms with Crippen LogP contribution in [0, 0.1) is 0 Å². The third-order valence-electron chi connectivity index (χ3n) is 2.88. The summed E-state index contributed by atoms with van der Waals surface area (Å²) in [6.45, 7) is 3.88. The number of carbonyl (C=O) groups is 1. The van der Waals surface area contributed by atoms with Gasteiger partial charge >= 0.3 is 5.97 Å². The van der Waals surface area contributed by atoms with Crippen LogP contribution in [0.5, 0.6) is 0 Å². The molecule has 0 aliphatic heterocycles. The topological polar surface area (TPSA) is 39.4 Å². The van der Waals surface area contributed by atoms with Crippen LogP contribution >= 0.6 is 0 Å². The summed E-state index contributed by atoms with van der Waals surface area (Å²) < 4.78 is 10.4. The molecule has 0 N–H and O–H groups in total. The minimum absolute atomic E-state index is 0.312. The molecule has 1 aromatic carbocycles. The van der Waals surface area contributed by atoms with Gasteiger partial charge in [-0.25, -0.2) is 4.79 Å². The van der Waals surface area contributed by atoms with Gasteiger partial charge in [0.1, 0.15) is 5.76 Å². The Morgan fingerprint density at radius 1 is 1.25 bits per heavy atom. The van der Waals surface area contributed by atoms with Crippen LogP contribution in [-0.4, -0.2) is 12.6 Å². The van der Waals surface area contributed by atoms with Gasteiger partial charge in [0.2, 0.25) is 0 Å². The summed E-state index contributed by atoms with van der Waals surface area (Å²) in [6.07, 6.45) is 4.24. The SMILES string of the molecule is CCOC(=O)/C(C)=C/c1cc(Cc2ccccc2)co1. The number of benzene rings is 1. The molecule has 0 aliphatic carbocycles. The first kappa shape index (κ1) is 14.1. The van der Waals surface area contributed by atoms with Crippen LogP contribution in [0.2, 0.25) is 0 Å². The number of furan rings is 1. The van der Waals surface area contributed by atoms with Crippen molar-refractivity contribution in [2.75, 3.05) is 6.61 Å². The zero-order chi connectivity index (χ0) is 14.4. The Labute approximate surface area is 118 Å². The van der Waals surface area contributed by atoms with Crippen molar-refractivity contribution < 1.29 is 13.9 Å². The largest absolute Gasteiger partial charge is 0.465 e. The second-order valence-corrected chi connectivity index (χ2v) is 4.57. The maximum atomic E-state index is 11.5. The van der Waals surface area contributed by atoms with Crippen molar-refractivity contribution in [3.8, 4) is 0 Å². The molecule has 0 saturated carbocycles. The van der Waals surface area contributed by atoms with E-state index in [0.717, 1.165) is 12.0 Å². The van der Waals surface area contributed by atoms with Crippen LogP contribution in [0.25, 0.3) is 6.08 Å². The van der Waals surface area contributed by atoms with Crippen LogP contribution in [0.4, 0.5) is 0 Å². The van der Waals surface area contributed by atoms with E-state index in [2.05, 4.69) is 12.1 Å². The molecule has 0 saturated heterocycles. The fourth-order valence-corrected chi connectivity index (χ4v) is 1.91. The predicted molar refractivity (Wildman–Crippen MR) is 78.2 cm³/mol. The highest BCUT2D eigenvalue weighted by atomic mass is 16.5. The number of ether oxygens (including phenoxy) is 1. The lowest BCUT2D eigenvalue weighted by molar-refractivity contribution is -0.138. The summed E-state index contributed by atoms with van der Waals surface area (Å²) in [5.41, 5.74) is 2.84. The van der Waals surface area contributed by atoms with Gasteiger partial charge in [-0.1, -0.05) is 30.3 Å². The molecule has 20 heavy (non-hydrogen) atoms. The third kappa shape index (κ3) is 3.85. The van der Waals surface area contributed by atoms with Gasteiger partial charge < -0.3 is 9.15 Å². The van der Waals surface area contributed by atoms with E-state index in [-0.39, 0.29) is 5.97 Å². The molecule has 0 amide bonds. The zero-order valence-corrected chi connectivity index (χ0v) is 11.8. The van der Waals surface area contributed by atoms with E-state index in [1.165, 1.54) is 5.56 Å². The maximum Gasteiger partial charge on any atom is 0.333 e. The second kappa shape index (κ2) is 6.75. The molecule has 1 heterocycles.